The molecule has 0 saturated heterocycles. The van der Waals surface area contributed by atoms with Gasteiger partial charge in [-0.2, -0.15) is 0 Å². The maximum atomic E-state index is 11.3. The minimum Gasteiger partial charge on any atom is -0.391 e. The van der Waals surface area contributed by atoms with Gasteiger partial charge in [0.25, 0.3) is 5.56 Å². The molecule has 1 aromatic rings. The summed E-state index contributed by atoms with van der Waals surface area (Å²) in [5.41, 5.74) is 5.62. The number of rotatable bonds is 3. The molecule has 0 aromatic carbocycles. The molecule has 1 aliphatic carbocycles. The fourth-order valence-electron chi connectivity index (χ4n) is 1.85. The number of nitrogen functional groups attached to an aromatic ring is 1. The molecule has 1 heterocycles. The van der Waals surface area contributed by atoms with E-state index in [4.69, 9.17) is 5.73 Å². The zero-order valence-electron chi connectivity index (χ0n) is 8.86. The second-order valence-corrected chi connectivity index (χ2v) is 4.15. The maximum absolute atomic E-state index is 11.3. The Kier molecular flexibility index (Phi) is 2.62. The Bertz CT molecular complexity index is 397. The molecule has 5 heteroatoms. The van der Waals surface area contributed by atoms with Crippen molar-refractivity contribution in [2.24, 2.45) is 5.92 Å². The minimum atomic E-state index is -0.263. The van der Waals surface area contributed by atoms with Crippen molar-refractivity contribution in [3.8, 4) is 0 Å². The third-order valence-corrected chi connectivity index (χ3v) is 2.99. The highest BCUT2D eigenvalue weighted by Crippen LogP contribution is 2.28. The van der Waals surface area contributed by atoms with Crippen LogP contribution in [0.5, 0.6) is 0 Å². The van der Waals surface area contributed by atoms with Gasteiger partial charge in [-0.1, -0.05) is 6.42 Å². The largest absolute Gasteiger partial charge is 0.391 e. The topological polar surface area (TPSA) is 75.0 Å². The molecule has 2 rings (SSSR count). The molecule has 15 heavy (non-hydrogen) atoms. The molecule has 1 aromatic heterocycles. The van der Waals surface area contributed by atoms with Gasteiger partial charge in [0, 0.05) is 13.6 Å². The smallest absolute Gasteiger partial charge is 0.276 e. The van der Waals surface area contributed by atoms with Gasteiger partial charge in [0.05, 0.1) is 6.33 Å². The summed E-state index contributed by atoms with van der Waals surface area (Å²) in [6.07, 6.45) is 5.25. The average Bonchev–Trinajstić information content (AvgIpc) is 2.15. The van der Waals surface area contributed by atoms with E-state index in [0.717, 1.165) is 12.5 Å². The number of hydrogen-bond acceptors (Lipinski definition) is 4. The molecular weight excluding hydrogens is 192 g/mol. The van der Waals surface area contributed by atoms with Gasteiger partial charge in [0.15, 0.2) is 5.82 Å². The van der Waals surface area contributed by atoms with Crippen molar-refractivity contribution in [1.82, 2.24) is 9.97 Å². The van der Waals surface area contributed by atoms with Crippen LogP contribution in [0, 0.1) is 5.92 Å². The average molecular weight is 208 g/mol. The Labute approximate surface area is 88.3 Å². The summed E-state index contributed by atoms with van der Waals surface area (Å²) in [5.74, 6) is 1.32. The molecule has 0 unspecified atom stereocenters. The van der Waals surface area contributed by atoms with Crippen molar-refractivity contribution in [2.75, 3.05) is 24.2 Å². The molecule has 0 aliphatic heterocycles. The molecule has 0 radical (unpaired) electrons. The van der Waals surface area contributed by atoms with Crippen molar-refractivity contribution in [1.29, 1.82) is 0 Å². The van der Waals surface area contributed by atoms with Crippen molar-refractivity contribution in [3.63, 3.8) is 0 Å². The first-order valence-electron chi connectivity index (χ1n) is 5.23. The summed E-state index contributed by atoms with van der Waals surface area (Å²) >= 11 is 0. The number of H-pyrrole nitrogens is 1. The number of aromatic amines is 1. The molecule has 1 aliphatic rings. The van der Waals surface area contributed by atoms with Crippen molar-refractivity contribution in [2.45, 2.75) is 19.3 Å². The Balaban J connectivity index is 2.13. The van der Waals surface area contributed by atoms with Crippen molar-refractivity contribution in [3.05, 3.63) is 16.7 Å². The zero-order valence-corrected chi connectivity index (χ0v) is 8.86. The number of hydrogen-bond donors (Lipinski definition) is 2. The standard InChI is InChI=1S/C10H16N4O/c1-14(5-7-3-2-4-7)9-8(11)10(15)13-6-12-9/h6-7H,2-5,11H2,1H3,(H,12,13,15). The summed E-state index contributed by atoms with van der Waals surface area (Å²) in [4.78, 5) is 19.8. The van der Waals surface area contributed by atoms with Gasteiger partial charge in [-0.15, -0.1) is 0 Å². The lowest BCUT2D eigenvalue weighted by atomic mass is 9.85. The molecule has 5 nitrogen and oxygen atoms in total. The third kappa shape index (κ3) is 1.95. The van der Waals surface area contributed by atoms with Gasteiger partial charge in [-0.05, 0) is 18.8 Å². The van der Waals surface area contributed by atoms with Crippen LogP contribution in [-0.4, -0.2) is 23.6 Å². The SMILES string of the molecule is CN(CC1CCC1)c1nc[nH]c(=O)c1N. The first kappa shape index (κ1) is 10.0. The minimum absolute atomic E-state index is 0.208. The van der Waals surface area contributed by atoms with Gasteiger partial charge in [-0.3, -0.25) is 4.79 Å². The van der Waals surface area contributed by atoms with E-state index in [1.165, 1.54) is 25.6 Å². The van der Waals surface area contributed by atoms with Gasteiger partial charge < -0.3 is 15.6 Å². The normalized spacial score (nSPS) is 16.1. The number of nitrogens with two attached hydrogens (primary N) is 1. The molecule has 0 spiro atoms. The Morgan fingerprint density at radius 1 is 1.67 bits per heavy atom. The van der Waals surface area contributed by atoms with Crippen molar-refractivity contribution < 1.29 is 0 Å². The summed E-state index contributed by atoms with van der Waals surface area (Å²) < 4.78 is 0. The van der Waals surface area contributed by atoms with Crippen LogP contribution < -0.4 is 16.2 Å². The number of nitrogens with zero attached hydrogens (tertiary/aromatic N) is 2. The zero-order chi connectivity index (χ0) is 10.8. The predicted octanol–water partition coefficient (Wildman–Crippen LogP) is 0.588. The van der Waals surface area contributed by atoms with E-state index in [0.29, 0.717) is 5.82 Å². The molecule has 0 atom stereocenters. The van der Waals surface area contributed by atoms with Crippen LogP contribution in [0.4, 0.5) is 11.5 Å². The molecule has 0 amide bonds. The Morgan fingerprint density at radius 3 is 3.00 bits per heavy atom. The molecule has 1 fully saturated rings. The Hall–Kier alpha value is -1.52. The fourth-order valence-corrected chi connectivity index (χ4v) is 1.85. The number of nitrogens with one attached hydrogen (secondary N) is 1. The van der Waals surface area contributed by atoms with Crippen LogP contribution in [0.2, 0.25) is 0 Å². The highest BCUT2D eigenvalue weighted by Gasteiger charge is 2.20. The molecule has 0 bridgehead atoms. The second kappa shape index (κ2) is 3.92. The van der Waals surface area contributed by atoms with E-state index in [2.05, 4.69) is 9.97 Å². The maximum Gasteiger partial charge on any atom is 0.276 e. The van der Waals surface area contributed by atoms with Gasteiger partial charge in [0.2, 0.25) is 0 Å². The molecular formula is C10H16N4O. The van der Waals surface area contributed by atoms with E-state index in [-0.39, 0.29) is 11.2 Å². The lowest BCUT2D eigenvalue weighted by Crippen LogP contribution is -2.31. The van der Waals surface area contributed by atoms with E-state index in [9.17, 15) is 4.79 Å². The highest BCUT2D eigenvalue weighted by molar-refractivity contribution is 5.60. The third-order valence-electron chi connectivity index (χ3n) is 2.99. The first-order valence-corrected chi connectivity index (χ1v) is 5.23. The van der Waals surface area contributed by atoms with Crippen LogP contribution in [0.3, 0.4) is 0 Å². The fraction of sp³-hybridized carbons (Fsp3) is 0.600. The van der Waals surface area contributed by atoms with Crippen LogP contribution >= 0.6 is 0 Å². The van der Waals surface area contributed by atoms with Gasteiger partial charge in [0.1, 0.15) is 5.69 Å². The van der Waals surface area contributed by atoms with Gasteiger partial charge in [-0.25, -0.2) is 4.98 Å². The number of anilines is 2. The monoisotopic (exact) mass is 208 g/mol. The summed E-state index contributed by atoms with van der Waals surface area (Å²) in [6.45, 7) is 0.931. The quantitative estimate of drug-likeness (QED) is 0.762. The highest BCUT2D eigenvalue weighted by atomic mass is 16.1. The summed E-state index contributed by atoms with van der Waals surface area (Å²) in [7, 11) is 1.93. The first-order chi connectivity index (χ1) is 7.18. The van der Waals surface area contributed by atoms with Crippen LogP contribution in [0.15, 0.2) is 11.1 Å². The lowest BCUT2D eigenvalue weighted by Gasteiger charge is -2.30. The lowest BCUT2D eigenvalue weighted by molar-refractivity contribution is 0.321. The molecule has 3 N–H and O–H groups in total. The van der Waals surface area contributed by atoms with Crippen LogP contribution in [0.25, 0.3) is 0 Å². The van der Waals surface area contributed by atoms with Crippen LogP contribution in [-0.2, 0) is 0 Å². The van der Waals surface area contributed by atoms with E-state index < -0.39 is 0 Å². The predicted molar refractivity (Wildman–Crippen MR) is 59.9 cm³/mol. The summed E-state index contributed by atoms with van der Waals surface area (Å²) in [5, 5.41) is 0. The van der Waals surface area contributed by atoms with E-state index >= 15 is 0 Å². The molecule has 1 saturated carbocycles. The van der Waals surface area contributed by atoms with Crippen LogP contribution in [0.1, 0.15) is 19.3 Å². The van der Waals surface area contributed by atoms with E-state index in [1.807, 2.05) is 11.9 Å². The van der Waals surface area contributed by atoms with Gasteiger partial charge >= 0.3 is 0 Å². The molecule has 82 valence electrons. The van der Waals surface area contributed by atoms with E-state index in [1.54, 1.807) is 0 Å². The Morgan fingerprint density at radius 2 is 2.40 bits per heavy atom. The second-order valence-electron chi connectivity index (χ2n) is 4.15. The number of aromatic nitrogens is 2. The summed E-state index contributed by atoms with van der Waals surface area (Å²) in [6, 6.07) is 0. The van der Waals surface area contributed by atoms with Crippen molar-refractivity contribution >= 4 is 11.5 Å².